The van der Waals surface area contributed by atoms with Crippen LogP contribution in [-0.4, -0.2) is 22.0 Å². The van der Waals surface area contributed by atoms with Gasteiger partial charge in [-0.2, -0.15) is 0 Å². The maximum absolute atomic E-state index is 10.5. The van der Waals surface area contributed by atoms with Crippen LogP contribution in [-0.2, 0) is 4.79 Å². The van der Waals surface area contributed by atoms with Crippen LogP contribution < -0.4 is 0 Å². The number of carboxylic acids is 1. The molecule has 4 heteroatoms. The summed E-state index contributed by atoms with van der Waals surface area (Å²) in [6.07, 6.45) is 8.86. The molecule has 0 spiro atoms. The minimum absolute atomic E-state index is 0.249. The van der Waals surface area contributed by atoms with E-state index in [0.29, 0.717) is 0 Å². The van der Waals surface area contributed by atoms with Gasteiger partial charge in [-0.3, -0.25) is 4.79 Å². The highest BCUT2D eigenvalue weighted by Gasteiger charge is 2.21. The van der Waals surface area contributed by atoms with Crippen LogP contribution >= 0.6 is 0 Å². The molecule has 0 radical (unpaired) electrons. The summed E-state index contributed by atoms with van der Waals surface area (Å²) in [7, 11) is 0. The van der Waals surface area contributed by atoms with E-state index in [4.69, 9.17) is 10.3 Å². The largest absolute Gasteiger partial charge is 0.481 e. The second-order valence-corrected chi connectivity index (χ2v) is 4.94. The molecule has 2 aliphatic rings. The van der Waals surface area contributed by atoms with E-state index in [-0.39, 0.29) is 6.42 Å². The molecule has 4 nitrogen and oxygen atoms in total. The highest BCUT2D eigenvalue weighted by atomic mass is 16.4. The molecule has 0 aliphatic heterocycles. The minimum atomic E-state index is -0.717. The number of oxime groups is 1. The summed E-state index contributed by atoms with van der Waals surface area (Å²) in [5, 5.41) is 20.8. The summed E-state index contributed by atoms with van der Waals surface area (Å²) in [5.41, 5.74) is 4.89. The molecule has 0 heterocycles. The summed E-state index contributed by atoms with van der Waals surface area (Å²) in [4.78, 5) is 10.5. The maximum atomic E-state index is 10.5. The van der Waals surface area contributed by atoms with Crippen LogP contribution in [0.15, 0.2) is 28.0 Å². The fraction of sp³-hybridized carbons (Fsp3) is 0.571. The first-order valence-electron chi connectivity index (χ1n) is 6.55. The number of carbonyl (C=O) groups is 1. The molecule has 2 N–H and O–H groups in total. The SMILES string of the molecule is O=C(O)CCCC1=C2CCC(=NO)C=C2CCC1. The normalized spacial score (nSPS) is 21.8. The van der Waals surface area contributed by atoms with Crippen LogP contribution in [0.5, 0.6) is 0 Å². The zero-order valence-electron chi connectivity index (χ0n) is 10.5. The van der Waals surface area contributed by atoms with Gasteiger partial charge >= 0.3 is 5.97 Å². The van der Waals surface area contributed by atoms with Crippen LogP contribution in [0.4, 0.5) is 0 Å². The molecule has 98 valence electrons. The van der Waals surface area contributed by atoms with Gasteiger partial charge in [-0.25, -0.2) is 0 Å². The Labute approximate surface area is 107 Å². The smallest absolute Gasteiger partial charge is 0.303 e. The molecule has 0 bridgehead atoms. The highest BCUT2D eigenvalue weighted by molar-refractivity contribution is 5.97. The second kappa shape index (κ2) is 5.85. The molecule has 0 amide bonds. The van der Waals surface area contributed by atoms with E-state index < -0.39 is 5.97 Å². The van der Waals surface area contributed by atoms with Crippen molar-refractivity contribution >= 4 is 11.7 Å². The molecule has 0 aromatic heterocycles. The van der Waals surface area contributed by atoms with E-state index in [0.717, 1.165) is 50.7 Å². The van der Waals surface area contributed by atoms with Crippen molar-refractivity contribution < 1.29 is 15.1 Å². The topological polar surface area (TPSA) is 69.9 Å². The van der Waals surface area contributed by atoms with Gasteiger partial charge in [0.2, 0.25) is 0 Å². The lowest BCUT2D eigenvalue weighted by Gasteiger charge is -2.26. The standard InChI is InChI=1S/C14H19NO3/c16-14(17)6-2-4-10-3-1-5-11-9-12(15-18)7-8-13(10)11/h9,18H,1-8H2,(H,16,17). The van der Waals surface area contributed by atoms with E-state index in [9.17, 15) is 4.79 Å². The summed E-state index contributed by atoms with van der Waals surface area (Å²) in [6.45, 7) is 0. The first-order valence-corrected chi connectivity index (χ1v) is 6.55. The number of carboxylic acid groups (broad SMARTS) is 1. The molecule has 2 aliphatic carbocycles. The number of hydrogen-bond acceptors (Lipinski definition) is 3. The Balaban J connectivity index is 2.09. The average Bonchev–Trinajstić information content (AvgIpc) is 2.38. The zero-order chi connectivity index (χ0) is 13.0. The van der Waals surface area contributed by atoms with Crippen molar-refractivity contribution in [2.24, 2.45) is 5.16 Å². The van der Waals surface area contributed by atoms with Gasteiger partial charge < -0.3 is 10.3 Å². The third-order valence-electron chi connectivity index (χ3n) is 3.71. The van der Waals surface area contributed by atoms with E-state index >= 15 is 0 Å². The molecule has 0 saturated heterocycles. The van der Waals surface area contributed by atoms with Gasteiger partial charge in [0, 0.05) is 6.42 Å². The fourth-order valence-electron chi connectivity index (χ4n) is 2.85. The lowest BCUT2D eigenvalue weighted by Crippen LogP contribution is -2.12. The van der Waals surface area contributed by atoms with Gasteiger partial charge in [-0.15, -0.1) is 0 Å². The second-order valence-electron chi connectivity index (χ2n) is 4.94. The minimum Gasteiger partial charge on any atom is -0.481 e. The van der Waals surface area contributed by atoms with Gasteiger partial charge in [-0.1, -0.05) is 10.7 Å². The molecular formula is C14H19NO3. The predicted molar refractivity (Wildman–Crippen MR) is 68.9 cm³/mol. The van der Waals surface area contributed by atoms with Crippen molar-refractivity contribution in [2.75, 3.05) is 0 Å². The predicted octanol–water partition coefficient (Wildman–Crippen LogP) is 3.27. The molecule has 18 heavy (non-hydrogen) atoms. The van der Waals surface area contributed by atoms with Crippen LogP contribution in [0.25, 0.3) is 0 Å². The Morgan fingerprint density at radius 1 is 1.28 bits per heavy atom. The van der Waals surface area contributed by atoms with Gasteiger partial charge in [0.15, 0.2) is 0 Å². The highest BCUT2D eigenvalue weighted by Crippen LogP contribution is 2.37. The Morgan fingerprint density at radius 3 is 2.83 bits per heavy atom. The van der Waals surface area contributed by atoms with Crippen LogP contribution in [0.2, 0.25) is 0 Å². The Morgan fingerprint density at radius 2 is 2.11 bits per heavy atom. The van der Waals surface area contributed by atoms with Gasteiger partial charge in [0.1, 0.15) is 0 Å². The van der Waals surface area contributed by atoms with Gasteiger partial charge in [-0.05, 0) is 62.2 Å². The Kier molecular flexibility index (Phi) is 4.18. The summed E-state index contributed by atoms with van der Waals surface area (Å²) >= 11 is 0. The monoisotopic (exact) mass is 249 g/mol. The van der Waals surface area contributed by atoms with Crippen molar-refractivity contribution in [3.05, 3.63) is 22.8 Å². The molecule has 0 saturated carbocycles. The third kappa shape index (κ3) is 3.00. The average molecular weight is 249 g/mol. The van der Waals surface area contributed by atoms with Crippen molar-refractivity contribution in [1.29, 1.82) is 0 Å². The number of nitrogens with zero attached hydrogens (tertiary/aromatic N) is 1. The summed E-state index contributed by atoms with van der Waals surface area (Å²) in [6, 6.07) is 0. The van der Waals surface area contributed by atoms with Crippen molar-refractivity contribution in [3.8, 4) is 0 Å². The summed E-state index contributed by atoms with van der Waals surface area (Å²) < 4.78 is 0. The number of fused-ring (bicyclic) bond motifs is 1. The van der Waals surface area contributed by atoms with Gasteiger partial charge in [0.25, 0.3) is 0 Å². The molecular weight excluding hydrogens is 230 g/mol. The number of rotatable bonds is 4. The van der Waals surface area contributed by atoms with Gasteiger partial charge in [0.05, 0.1) is 5.71 Å². The maximum Gasteiger partial charge on any atom is 0.303 e. The molecule has 0 aromatic rings. The molecule has 0 aromatic carbocycles. The first kappa shape index (κ1) is 12.9. The van der Waals surface area contributed by atoms with Crippen molar-refractivity contribution in [2.45, 2.75) is 51.4 Å². The number of hydrogen-bond donors (Lipinski definition) is 2. The summed E-state index contributed by atoms with van der Waals surface area (Å²) in [5.74, 6) is -0.717. The van der Waals surface area contributed by atoms with Crippen LogP contribution in [0, 0.1) is 0 Å². The van der Waals surface area contributed by atoms with Crippen LogP contribution in [0.3, 0.4) is 0 Å². The van der Waals surface area contributed by atoms with Crippen molar-refractivity contribution in [3.63, 3.8) is 0 Å². The van der Waals surface area contributed by atoms with Crippen molar-refractivity contribution in [1.82, 2.24) is 0 Å². The lowest BCUT2D eigenvalue weighted by atomic mass is 9.79. The number of allylic oxidation sites excluding steroid dienone is 4. The first-order chi connectivity index (χ1) is 8.70. The van der Waals surface area contributed by atoms with Crippen LogP contribution in [0.1, 0.15) is 51.4 Å². The van der Waals surface area contributed by atoms with E-state index in [2.05, 4.69) is 5.16 Å². The molecule has 0 unspecified atom stereocenters. The Bertz CT molecular complexity index is 432. The van der Waals surface area contributed by atoms with E-state index in [1.807, 2.05) is 6.08 Å². The van der Waals surface area contributed by atoms with E-state index in [1.165, 1.54) is 16.7 Å². The number of aliphatic carboxylic acids is 1. The fourth-order valence-corrected chi connectivity index (χ4v) is 2.85. The molecule has 0 atom stereocenters. The Hall–Kier alpha value is -1.58. The quantitative estimate of drug-likeness (QED) is 0.593. The molecule has 2 rings (SSSR count). The third-order valence-corrected chi connectivity index (χ3v) is 3.71. The van der Waals surface area contributed by atoms with E-state index in [1.54, 1.807) is 0 Å². The zero-order valence-corrected chi connectivity index (χ0v) is 10.5. The molecule has 0 fully saturated rings. The lowest BCUT2D eigenvalue weighted by molar-refractivity contribution is -0.137.